The van der Waals surface area contributed by atoms with Crippen molar-refractivity contribution in [1.29, 1.82) is 0 Å². The second kappa shape index (κ2) is 5.64. The van der Waals surface area contributed by atoms with Crippen LogP contribution in [0.25, 0.3) is 10.9 Å². The molecule has 1 aromatic carbocycles. The number of nitrogen functional groups attached to an aromatic ring is 1. The SMILES string of the molecule is CC(C)OCCNc1ncnc2cc(N)ccc12. The molecule has 0 saturated heterocycles. The van der Waals surface area contributed by atoms with Gasteiger partial charge in [-0.1, -0.05) is 0 Å². The normalized spacial score (nSPS) is 11.1. The number of rotatable bonds is 5. The number of hydrogen-bond acceptors (Lipinski definition) is 5. The van der Waals surface area contributed by atoms with Crippen LogP contribution in [-0.2, 0) is 4.74 Å². The topological polar surface area (TPSA) is 73.1 Å². The molecule has 0 radical (unpaired) electrons. The quantitative estimate of drug-likeness (QED) is 0.624. The van der Waals surface area contributed by atoms with Crippen molar-refractivity contribution in [1.82, 2.24) is 9.97 Å². The van der Waals surface area contributed by atoms with Crippen molar-refractivity contribution in [3.05, 3.63) is 24.5 Å². The first-order valence-corrected chi connectivity index (χ1v) is 6.02. The molecule has 1 heterocycles. The summed E-state index contributed by atoms with van der Waals surface area (Å²) in [5, 5.41) is 4.21. The van der Waals surface area contributed by atoms with Crippen LogP contribution in [0.4, 0.5) is 11.5 Å². The van der Waals surface area contributed by atoms with Gasteiger partial charge in [-0.25, -0.2) is 9.97 Å². The van der Waals surface area contributed by atoms with Crippen LogP contribution in [0.1, 0.15) is 13.8 Å². The zero-order chi connectivity index (χ0) is 13.0. The number of hydrogen-bond donors (Lipinski definition) is 2. The molecule has 0 aliphatic carbocycles. The average molecular weight is 246 g/mol. The molecule has 5 heteroatoms. The summed E-state index contributed by atoms with van der Waals surface area (Å²) in [7, 11) is 0. The van der Waals surface area contributed by atoms with Crippen molar-refractivity contribution in [2.45, 2.75) is 20.0 Å². The first kappa shape index (κ1) is 12.6. The van der Waals surface area contributed by atoms with Crippen LogP contribution in [0.3, 0.4) is 0 Å². The van der Waals surface area contributed by atoms with Crippen LogP contribution in [0.2, 0.25) is 0 Å². The molecule has 0 unspecified atom stereocenters. The van der Waals surface area contributed by atoms with Gasteiger partial charge in [-0.05, 0) is 32.0 Å². The Kier molecular flexibility index (Phi) is 3.94. The number of aromatic nitrogens is 2. The van der Waals surface area contributed by atoms with Crippen LogP contribution in [0.5, 0.6) is 0 Å². The monoisotopic (exact) mass is 246 g/mol. The van der Waals surface area contributed by atoms with E-state index in [0.717, 1.165) is 16.7 Å². The lowest BCUT2D eigenvalue weighted by Crippen LogP contribution is -2.14. The summed E-state index contributed by atoms with van der Waals surface area (Å²) in [6, 6.07) is 5.62. The molecular weight excluding hydrogens is 228 g/mol. The molecule has 0 aliphatic heterocycles. The van der Waals surface area contributed by atoms with Gasteiger partial charge in [-0.15, -0.1) is 0 Å². The third-order valence-corrected chi connectivity index (χ3v) is 2.51. The molecule has 18 heavy (non-hydrogen) atoms. The van der Waals surface area contributed by atoms with Gasteiger partial charge in [0.05, 0.1) is 18.2 Å². The first-order chi connectivity index (χ1) is 8.66. The summed E-state index contributed by atoms with van der Waals surface area (Å²) in [6.07, 6.45) is 1.78. The minimum absolute atomic E-state index is 0.244. The molecule has 3 N–H and O–H groups in total. The van der Waals surface area contributed by atoms with Crippen LogP contribution in [-0.4, -0.2) is 29.2 Å². The molecule has 5 nitrogen and oxygen atoms in total. The summed E-state index contributed by atoms with van der Waals surface area (Å²) in [4.78, 5) is 8.43. The Labute approximate surface area is 106 Å². The maximum atomic E-state index is 5.73. The molecule has 0 fully saturated rings. The molecule has 0 amide bonds. The van der Waals surface area contributed by atoms with Crippen molar-refractivity contribution < 1.29 is 4.74 Å². The van der Waals surface area contributed by atoms with E-state index in [1.807, 2.05) is 32.0 Å². The highest BCUT2D eigenvalue weighted by Gasteiger charge is 2.03. The summed E-state index contributed by atoms with van der Waals surface area (Å²) in [5.74, 6) is 0.812. The van der Waals surface area contributed by atoms with Crippen LogP contribution < -0.4 is 11.1 Å². The summed E-state index contributed by atoms with van der Waals surface area (Å²) in [6.45, 7) is 5.40. The van der Waals surface area contributed by atoms with Gasteiger partial charge >= 0.3 is 0 Å². The molecule has 0 aliphatic rings. The predicted octanol–water partition coefficient (Wildman–Crippen LogP) is 2.05. The van der Waals surface area contributed by atoms with E-state index in [-0.39, 0.29) is 6.10 Å². The van der Waals surface area contributed by atoms with Crippen molar-refractivity contribution in [3.8, 4) is 0 Å². The number of nitrogens with zero attached hydrogens (tertiary/aromatic N) is 2. The fourth-order valence-corrected chi connectivity index (χ4v) is 1.68. The zero-order valence-corrected chi connectivity index (χ0v) is 10.7. The number of benzene rings is 1. The van der Waals surface area contributed by atoms with E-state index in [1.165, 1.54) is 6.33 Å². The standard InChI is InChI=1S/C13H18N4O/c1-9(2)18-6-5-15-13-11-4-3-10(14)7-12(11)16-8-17-13/h3-4,7-9H,5-6,14H2,1-2H3,(H,15,16,17). The Morgan fingerprint density at radius 1 is 1.33 bits per heavy atom. The Morgan fingerprint density at radius 3 is 2.94 bits per heavy atom. The summed E-state index contributed by atoms with van der Waals surface area (Å²) >= 11 is 0. The maximum Gasteiger partial charge on any atom is 0.137 e. The fraction of sp³-hybridized carbons (Fsp3) is 0.385. The second-order valence-electron chi connectivity index (χ2n) is 4.35. The molecular formula is C13H18N4O. The number of nitrogens with one attached hydrogen (secondary N) is 1. The van der Waals surface area contributed by atoms with E-state index < -0.39 is 0 Å². The Balaban J connectivity index is 2.08. The third-order valence-electron chi connectivity index (χ3n) is 2.51. The highest BCUT2D eigenvalue weighted by Crippen LogP contribution is 2.20. The number of anilines is 2. The molecule has 0 saturated carbocycles. The lowest BCUT2D eigenvalue weighted by Gasteiger charge is -2.10. The van der Waals surface area contributed by atoms with Gasteiger partial charge < -0.3 is 15.8 Å². The molecule has 0 atom stereocenters. The summed E-state index contributed by atoms with van der Waals surface area (Å²) in [5.41, 5.74) is 7.28. The van der Waals surface area contributed by atoms with Crippen LogP contribution in [0, 0.1) is 0 Å². The Morgan fingerprint density at radius 2 is 2.17 bits per heavy atom. The molecule has 0 bridgehead atoms. The van der Waals surface area contributed by atoms with Gasteiger partial charge in [0.15, 0.2) is 0 Å². The predicted molar refractivity (Wildman–Crippen MR) is 73.5 cm³/mol. The molecule has 1 aromatic heterocycles. The van der Waals surface area contributed by atoms with Gasteiger partial charge in [0.25, 0.3) is 0 Å². The fourth-order valence-electron chi connectivity index (χ4n) is 1.68. The van der Waals surface area contributed by atoms with Gasteiger partial charge in [-0.3, -0.25) is 0 Å². The average Bonchev–Trinajstić information content (AvgIpc) is 2.34. The number of ether oxygens (including phenoxy) is 1. The maximum absolute atomic E-state index is 5.73. The van der Waals surface area contributed by atoms with Crippen molar-refractivity contribution >= 4 is 22.4 Å². The minimum Gasteiger partial charge on any atom is -0.399 e. The Bertz CT molecular complexity index is 527. The van der Waals surface area contributed by atoms with Gasteiger partial charge in [0.1, 0.15) is 12.1 Å². The number of nitrogens with two attached hydrogens (primary N) is 1. The minimum atomic E-state index is 0.244. The largest absolute Gasteiger partial charge is 0.399 e. The van der Waals surface area contributed by atoms with Crippen molar-refractivity contribution in [3.63, 3.8) is 0 Å². The lowest BCUT2D eigenvalue weighted by atomic mass is 10.2. The van der Waals surface area contributed by atoms with Gasteiger partial charge in [-0.2, -0.15) is 0 Å². The smallest absolute Gasteiger partial charge is 0.137 e. The van der Waals surface area contributed by atoms with E-state index in [4.69, 9.17) is 10.5 Å². The third kappa shape index (κ3) is 3.07. The highest BCUT2D eigenvalue weighted by atomic mass is 16.5. The van der Waals surface area contributed by atoms with Gasteiger partial charge in [0, 0.05) is 17.6 Å². The Hall–Kier alpha value is -1.88. The first-order valence-electron chi connectivity index (χ1n) is 6.02. The zero-order valence-electron chi connectivity index (χ0n) is 10.7. The van der Waals surface area contributed by atoms with E-state index in [0.29, 0.717) is 18.8 Å². The van der Waals surface area contributed by atoms with Crippen LogP contribution in [0.15, 0.2) is 24.5 Å². The van der Waals surface area contributed by atoms with E-state index in [9.17, 15) is 0 Å². The van der Waals surface area contributed by atoms with Crippen LogP contribution >= 0.6 is 0 Å². The highest BCUT2D eigenvalue weighted by molar-refractivity contribution is 5.90. The van der Waals surface area contributed by atoms with Crippen molar-refractivity contribution in [2.75, 3.05) is 24.2 Å². The van der Waals surface area contributed by atoms with E-state index in [1.54, 1.807) is 0 Å². The molecule has 2 aromatic rings. The van der Waals surface area contributed by atoms with E-state index >= 15 is 0 Å². The molecule has 0 spiro atoms. The van der Waals surface area contributed by atoms with Gasteiger partial charge in [0.2, 0.25) is 0 Å². The summed E-state index contributed by atoms with van der Waals surface area (Å²) < 4.78 is 5.47. The lowest BCUT2D eigenvalue weighted by molar-refractivity contribution is 0.0870. The van der Waals surface area contributed by atoms with E-state index in [2.05, 4.69) is 15.3 Å². The molecule has 2 rings (SSSR count). The number of fused-ring (bicyclic) bond motifs is 1. The molecule has 96 valence electrons. The second-order valence-corrected chi connectivity index (χ2v) is 4.35. The van der Waals surface area contributed by atoms with Crippen molar-refractivity contribution in [2.24, 2.45) is 0 Å².